The topological polar surface area (TPSA) is 112 Å². The molecule has 0 aliphatic carbocycles. The molecule has 0 bridgehead atoms. The molecule has 17 heavy (non-hydrogen) atoms. The zero-order chi connectivity index (χ0) is 12.9. The summed E-state index contributed by atoms with van der Waals surface area (Å²) in [5.74, 6) is -1.42. The second-order valence-electron chi connectivity index (χ2n) is 3.59. The van der Waals surface area contributed by atoms with Gasteiger partial charge in [-0.3, -0.25) is 14.6 Å². The van der Waals surface area contributed by atoms with Gasteiger partial charge in [-0.1, -0.05) is 13.3 Å². The average molecular weight is 261 g/mol. The molecule has 0 saturated carbocycles. The van der Waals surface area contributed by atoms with Gasteiger partial charge in [0.2, 0.25) is 10.0 Å². The summed E-state index contributed by atoms with van der Waals surface area (Å²) >= 11 is 0. The molecule has 0 aromatic carbocycles. The van der Waals surface area contributed by atoms with Crippen LogP contribution in [0.2, 0.25) is 0 Å². The van der Waals surface area contributed by atoms with Crippen LogP contribution in [0.15, 0.2) is 6.07 Å². The highest BCUT2D eigenvalue weighted by atomic mass is 32.2. The molecule has 0 amide bonds. The van der Waals surface area contributed by atoms with Crippen LogP contribution in [0.5, 0.6) is 0 Å². The molecular weight excluding hydrogens is 246 g/mol. The summed E-state index contributed by atoms with van der Waals surface area (Å²) in [6.07, 6.45) is 1.28. The van der Waals surface area contributed by atoms with Crippen molar-refractivity contribution in [3.63, 3.8) is 0 Å². The number of carbonyl (C=O) groups is 1. The number of hydrogen-bond acceptors (Lipinski definition) is 4. The minimum atomic E-state index is -3.64. The summed E-state index contributed by atoms with van der Waals surface area (Å²) in [6.45, 7) is 2.00. The lowest BCUT2D eigenvalue weighted by molar-refractivity contribution is -0.136. The first-order valence-electron chi connectivity index (χ1n) is 5.19. The van der Waals surface area contributed by atoms with Crippen molar-refractivity contribution in [1.29, 1.82) is 0 Å². The number of H-pyrrole nitrogens is 1. The number of aliphatic carboxylic acids is 1. The summed E-state index contributed by atoms with van der Waals surface area (Å²) in [6, 6.07) is 1.60. The Labute approximate surface area is 99.3 Å². The SMILES string of the molecule is CCCc1cc(NS(=O)(=O)CCC(=O)O)n[nH]1. The van der Waals surface area contributed by atoms with Crippen LogP contribution in [0.1, 0.15) is 25.5 Å². The van der Waals surface area contributed by atoms with Gasteiger partial charge in [-0.15, -0.1) is 0 Å². The van der Waals surface area contributed by atoms with Gasteiger partial charge in [-0.05, 0) is 6.42 Å². The summed E-state index contributed by atoms with van der Waals surface area (Å²) in [4.78, 5) is 10.3. The number of anilines is 1. The Balaban J connectivity index is 2.59. The number of rotatable bonds is 7. The zero-order valence-corrected chi connectivity index (χ0v) is 10.2. The van der Waals surface area contributed by atoms with E-state index < -0.39 is 28.2 Å². The standard InChI is InChI=1S/C9H15N3O4S/c1-2-3-7-6-8(11-10-7)12-17(15,16)5-4-9(13)14/h6H,2-5H2,1H3,(H,13,14)(H2,10,11,12). The van der Waals surface area contributed by atoms with E-state index in [1.165, 1.54) is 0 Å². The van der Waals surface area contributed by atoms with E-state index in [1.54, 1.807) is 6.07 Å². The second kappa shape index (κ2) is 5.67. The van der Waals surface area contributed by atoms with E-state index in [1.807, 2.05) is 6.92 Å². The lowest BCUT2D eigenvalue weighted by atomic mass is 10.2. The molecule has 0 fully saturated rings. The number of aromatic amines is 1. The maximum Gasteiger partial charge on any atom is 0.304 e. The Bertz CT molecular complexity index is 480. The molecular formula is C9H15N3O4S. The van der Waals surface area contributed by atoms with Gasteiger partial charge >= 0.3 is 5.97 Å². The third kappa shape index (κ3) is 4.85. The van der Waals surface area contributed by atoms with Crippen LogP contribution < -0.4 is 4.72 Å². The van der Waals surface area contributed by atoms with Crippen LogP contribution in [0, 0.1) is 0 Å². The van der Waals surface area contributed by atoms with E-state index in [0.717, 1.165) is 18.5 Å². The molecule has 1 aromatic heterocycles. The van der Waals surface area contributed by atoms with Crippen molar-refractivity contribution < 1.29 is 18.3 Å². The second-order valence-corrected chi connectivity index (χ2v) is 5.43. The summed E-state index contributed by atoms with van der Waals surface area (Å²) < 4.78 is 25.1. The summed E-state index contributed by atoms with van der Waals surface area (Å²) in [7, 11) is -3.64. The zero-order valence-electron chi connectivity index (χ0n) is 9.43. The van der Waals surface area contributed by atoms with Gasteiger partial charge in [0.05, 0.1) is 12.2 Å². The van der Waals surface area contributed by atoms with Crippen LogP contribution >= 0.6 is 0 Å². The van der Waals surface area contributed by atoms with Crippen LogP contribution in [-0.2, 0) is 21.2 Å². The van der Waals surface area contributed by atoms with Gasteiger partial charge < -0.3 is 5.11 Å². The first-order valence-corrected chi connectivity index (χ1v) is 6.84. The van der Waals surface area contributed by atoms with Crippen LogP contribution in [0.4, 0.5) is 5.82 Å². The van der Waals surface area contributed by atoms with Crippen molar-refractivity contribution in [2.24, 2.45) is 0 Å². The van der Waals surface area contributed by atoms with Gasteiger partial charge in [0.15, 0.2) is 5.82 Å². The number of hydrogen-bond donors (Lipinski definition) is 3. The fraction of sp³-hybridized carbons (Fsp3) is 0.556. The summed E-state index contributed by atoms with van der Waals surface area (Å²) in [5.41, 5.74) is 0.837. The van der Waals surface area contributed by atoms with Crippen molar-refractivity contribution in [3.8, 4) is 0 Å². The molecule has 3 N–H and O–H groups in total. The number of aromatic nitrogens is 2. The van der Waals surface area contributed by atoms with Crippen LogP contribution in [0.25, 0.3) is 0 Å². The fourth-order valence-corrected chi connectivity index (χ4v) is 2.21. The molecule has 0 saturated heterocycles. The maximum absolute atomic E-state index is 11.4. The van der Waals surface area contributed by atoms with E-state index in [9.17, 15) is 13.2 Å². The van der Waals surface area contributed by atoms with Gasteiger partial charge in [0, 0.05) is 11.8 Å². The minimum Gasteiger partial charge on any atom is -0.481 e. The molecule has 0 spiro atoms. The van der Waals surface area contributed by atoms with E-state index in [4.69, 9.17) is 5.11 Å². The highest BCUT2D eigenvalue weighted by Gasteiger charge is 2.14. The number of nitrogens with one attached hydrogen (secondary N) is 2. The van der Waals surface area contributed by atoms with Gasteiger partial charge in [0.1, 0.15) is 0 Å². The lowest BCUT2D eigenvalue weighted by Gasteiger charge is -2.02. The molecule has 0 radical (unpaired) electrons. The molecule has 7 nitrogen and oxygen atoms in total. The van der Waals surface area contributed by atoms with E-state index >= 15 is 0 Å². The molecule has 8 heteroatoms. The molecule has 1 rings (SSSR count). The highest BCUT2D eigenvalue weighted by Crippen LogP contribution is 2.09. The van der Waals surface area contributed by atoms with Crippen molar-refractivity contribution in [2.75, 3.05) is 10.5 Å². The lowest BCUT2D eigenvalue weighted by Crippen LogP contribution is -2.19. The number of carboxylic acids is 1. The van der Waals surface area contributed by atoms with E-state index in [-0.39, 0.29) is 5.82 Å². The molecule has 0 aliphatic rings. The number of aryl methyl sites for hydroxylation is 1. The minimum absolute atomic E-state index is 0.193. The predicted octanol–water partition coefficient (Wildman–Crippen LogP) is 0.579. The Hall–Kier alpha value is -1.57. The number of nitrogens with zero attached hydrogens (tertiary/aromatic N) is 1. The van der Waals surface area contributed by atoms with Crippen molar-refractivity contribution >= 4 is 21.8 Å². The van der Waals surface area contributed by atoms with Gasteiger partial charge in [-0.2, -0.15) is 5.10 Å². The Morgan fingerprint density at radius 3 is 2.88 bits per heavy atom. The molecule has 1 heterocycles. The molecule has 0 atom stereocenters. The monoisotopic (exact) mass is 261 g/mol. The third-order valence-electron chi connectivity index (χ3n) is 1.99. The Kier molecular flexibility index (Phi) is 4.50. The van der Waals surface area contributed by atoms with Crippen molar-refractivity contribution in [2.45, 2.75) is 26.2 Å². The first kappa shape index (κ1) is 13.5. The average Bonchev–Trinajstić information content (AvgIpc) is 2.63. The van der Waals surface area contributed by atoms with Crippen molar-refractivity contribution in [1.82, 2.24) is 10.2 Å². The predicted molar refractivity (Wildman–Crippen MR) is 62.2 cm³/mol. The van der Waals surface area contributed by atoms with E-state index in [0.29, 0.717) is 0 Å². The highest BCUT2D eigenvalue weighted by molar-refractivity contribution is 7.92. The maximum atomic E-state index is 11.4. The largest absolute Gasteiger partial charge is 0.481 e. The Morgan fingerprint density at radius 1 is 1.59 bits per heavy atom. The molecule has 1 aromatic rings. The Morgan fingerprint density at radius 2 is 2.29 bits per heavy atom. The molecule has 0 unspecified atom stereocenters. The van der Waals surface area contributed by atoms with Gasteiger partial charge in [0.25, 0.3) is 0 Å². The number of carboxylic acid groups (broad SMARTS) is 1. The smallest absolute Gasteiger partial charge is 0.304 e. The quantitative estimate of drug-likeness (QED) is 0.664. The van der Waals surface area contributed by atoms with Crippen molar-refractivity contribution in [3.05, 3.63) is 11.8 Å². The van der Waals surface area contributed by atoms with Crippen LogP contribution in [0.3, 0.4) is 0 Å². The van der Waals surface area contributed by atoms with Crippen LogP contribution in [-0.4, -0.2) is 35.4 Å². The summed E-state index contributed by atoms with van der Waals surface area (Å²) in [5, 5.41) is 14.9. The fourth-order valence-electron chi connectivity index (χ4n) is 1.24. The normalized spacial score (nSPS) is 11.4. The van der Waals surface area contributed by atoms with E-state index in [2.05, 4.69) is 14.9 Å². The number of sulfonamides is 1. The molecule has 96 valence electrons. The molecule has 0 aliphatic heterocycles. The third-order valence-corrected chi connectivity index (χ3v) is 3.26. The first-order chi connectivity index (χ1) is 7.93. The van der Waals surface area contributed by atoms with Gasteiger partial charge in [-0.25, -0.2) is 8.42 Å².